The molecule has 0 saturated carbocycles. The molecule has 2 heterocycles. The number of aromatic nitrogens is 2. The lowest BCUT2D eigenvalue weighted by molar-refractivity contribution is -0.126. The Morgan fingerprint density at radius 3 is 2.22 bits per heavy atom. The number of aliphatic hydroxyl groups is 1. The van der Waals surface area contributed by atoms with Gasteiger partial charge in [0.25, 0.3) is 0 Å². The lowest BCUT2D eigenvalue weighted by Gasteiger charge is -2.08. The Hall–Kier alpha value is -2.07. The van der Waals surface area contributed by atoms with E-state index in [1.165, 1.54) is 0 Å². The van der Waals surface area contributed by atoms with Crippen molar-refractivity contribution in [1.82, 2.24) is 9.97 Å². The molecule has 2 aromatic heterocycles. The third-order valence-electron chi connectivity index (χ3n) is 2.58. The molecule has 0 saturated heterocycles. The van der Waals surface area contributed by atoms with Gasteiger partial charge in [0.2, 0.25) is 0 Å². The zero-order chi connectivity index (χ0) is 12.8. The highest BCUT2D eigenvalue weighted by atomic mass is 16.3. The van der Waals surface area contributed by atoms with Gasteiger partial charge in [-0.2, -0.15) is 0 Å². The molecular weight excluding hydrogens is 228 g/mol. The number of rotatable bonds is 5. The molecular formula is C14H14N2O2. The van der Waals surface area contributed by atoms with Crippen LogP contribution in [0.1, 0.15) is 11.4 Å². The fourth-order valence-corrected chi connectivity index (χ4v) is 1.63. The van der Waals surface area contributed by atoms with E-state index in [1.54, 1.807) is 36.7 Å². The van der Waals surface area contributed by atoms with Crippen LogP contribution in [0.15, 0.2) is 48.8 Å². The molecule has 0 aliphatic heterocycles. The Balaban J connectivity index is 1.93. The largest absolute Gasteiger partial charge is 0.385 e. The minimum Gasteiger partial charge on any atom is -0.385 e. The van der Waals surface area contributed by atoms with Gasteiger partial charge in [0, 0.05) is 30.2 Å². The van der Waals surface area contributed by atoms with Crippen molar-refractivity contribution in [3.63, 3.8) is 0 Å². The van der Waals surface area contributed by atoms with Crippen LogP contribution in [0.3, 0.4) is 0 Å². The Morgan fingerprint density at radius 1 is 1.06 bits per heavy atom. The van der Waals surface area contributed by atoms with Crippen LogP contribution >= 0.6 is 0 Å². The molecule has 0 aliphatic rings. The summed E-state index contributed by atoms with van der Waals surface area (Å²) in [6.07, 6.45) is 2.64. The molecule has 2 rings (SSSR count). The van der Waals surface area contributed by atoms with Crippen molar-refractivity contribution < 1.29 is 9.90 Å². The van der Waals surface area contributed by atoms with Crippen LogP contribution in [0.5, 0.6) is 0 Å². The summed E-state index contributed by atoms with van der Waals surface area (Å²) in [7, 11) is 0. The lowest BCUT2D eigenvalue weighted by Crippen LogP contribution is -2.25. The summed E-state index contributed by atoms with van der Waals surface area (Å²) >= 11 is 0. The van der Waals surface area contributed by atoms with Crippen molar-refractivity contribution in [3.8, 4) is 0 Å². The third-order valence-corrected chi connectivity index (χ3v) is 2.58. The normalized spacial score (nSPS) is 12.1. The molecule has 0 aliphatic carbocycles. The van der Waals surface area contributed by atoms with E-state index < -0.39 is 6.10 Å². The Kier molecular flexibility index (Phi) is 4.15. The van der Waals surface area contributed by atoms with Crippen LogP contribution in [-0.2, 0) is 17.6 Å². The first-order chi connectivity index (χ1) is 8.75. The van der Waals surface area contributed by atoms with Crippen LogP contribution in [0, 0.1) is 0 Å². The van der Waals surface area contributed by atoms with Crippen molar-refractivity contribution in [2.75, 3.05) is 0 Å². The molecule has 0 bridgehead atoms. The number of hydrogen-bond donors (Lipinski definition) is 1. The van der Waals surface area contributed by atoms with Crippen molar-refractivity contribution in [1.29, 1.82) is 0 Å². The van der Waals surface area contributed by atoms with Crippen LogP contribution in [0.2, 0.25) is 0 Å². The molecule has 18 heavy (non-hydrogen) atoms. The van der Waals surface area contributed by atoms with E-state index in [-0.39, 0.29) is 18.6 Å². The number of hydrogen-bond acceptors (Lipinski definition) is 4. The molecule has 1 unspecified atom stereocenters. The number of pyridine rings is 2. The quantitative estimate of drug-likeness (QED) is 0.855. The number of aliphatic hydroxyl groups excluding tert-OH is 1. The average molecular weight is 242 g/mol. The van der Waals surface area contributed by atoms with Gasteiger partial charge >= 0.3 is 0 Å². The maximum atomic E-state index is 11.8. The summed E-state index contributed by atoms with van der Waals surface area (Å²) in [4.78, 5) is 19.9. The van der Waals surface area contributed by atoms with Crippen molar-refractivity contribution >= 4 is 5.78 Å². The monoisotopic (exact) mass is 242 g/mol. The van der Waals surface area contributed by atoms with Gasteiger partial charge < -0.3 is 5.11 Å². The maximum absolute atomic E-state index is 11.8. The van der Waals surface area contributed by atoms with Crippen LogP contribution in [0.25, 0.3) is 0 Å². The number of Topliss-reactive ketones (excluding diaryl/α,β-unsaturated/α-hetero) is 1. The lowest BCUT2D eigenvalue weighted by atomic mass is 10.1. The van der Waals surface area contributed by atoms with Gasteiger partial charge in [-0.25, -0.2) is 0 Å². The van der Waals surface area contributed by atoms with Gasteiger partial charge in [-0.1, -0.05) is 12.1 Å². The first-order valence-corrected chi connectivity index (χ1v) is 5.76. The fraction of sp³-hybridized carbons (Fsp3) is 0.214. The number of carbonyl (C=O) groups is 1. The number of nitrogens with zero attached hydrogens (tertiary/aromatic N) is 2. The van der Waals surface area contributed by atoms with E-state index in [0.29, 0.717) is 11.4 Å². The second kappa shape index (κ2) is 6.02. The minimum atomic E-state index is -1.03. The second-order valence-electron chi connectivity index (χ2n) is 4.01. The standard InChI is InChI=1S/C14H14N2O2/c17-13(9-11-5-1-3-7-15-11)14(18)10-12-6-2-4-8-16-12/h1-8,13,17H,9-10H2. The Labute approximate surface area is 105 Å². The molecule has 0 fully saturated rings. The molecule has 1 N–H and O–H groups in total. The third kappa shape index (κ3) is 3.46. The van der Waals surface area contributed by atoms with Crippen molar-refractivity contribution in [3.05, 3.63) is 60.2 Å². The summed E-state index contributed by atoms with van der Waals surface area (Å²) in [5, 5.41) is 9.82. The summed E-state index contributed by atoms with van der Waals surface area (Å²) < 4.78 is 0. The van der Waals surface area contributed by atoms with E-state index in [0.717, 1.165) is 0 Å². The van der Waals surface area contributed by atoms with E-state index in [1.807, 2.05) is 12.1 Å². The zero-order valence-electron chi connectivity index (χ0n) is 9.86. The molecule has 1 atom stereocenters. The summed E-state index contributed by atoms with van der Waals surface area (Å²) in [5.41, 5.74) is 1.38. The SMILES string of the molecule is O=C(Cc1ccccn1)C(O)Cc1ccccn1. The van der Waals surface area contributed by atoms with Gasteiger partial charge in [-0.3, -0.25) is 14.8 Å². The van der Waals surface area contributed by atoms with Crippen LogP contribution in [-0.4, -0.2) is 27.0 Å². The van der Waals surface area contributed by atoms with E-state index >= 15 is 0 Å². The summed E-state index contributed by atoms with van der Waals surface area (Å²) in [6, 6.07) is 10.8. The second-order valence-corrected chi connectivity index (χ2v) is 4.01. The van der Waals surface area contributed by atoms with Gasteiger partial charge in [-0.15, -0.1) is 0 Å². The van der Waals surface area contributed by atoms with E-state index in [4.69, 9.17) is 0 Å². The molecule has 0 aromatic carbocycles. The first kappa shape index (κ1) is 12.4. The molecule has 4 nitrogen and oxygen atoms in total. The molecule has 92 valence electrons. The number of carbonyl (C=O) groups excluding carboxylic acids is 1. The molecule has 0 radical (unpaired) electrons. The molecule has 0 amide bonds. The smallest absolute Gasteiger partial charge is 0.167 e. The molecule has 4 heteroatoms. The first-order valence-electron chi connectivity index (χ1n) is 5.76. The van der Waals surface area contributed by atoms with Crippen LogP contribution in [0.4, 0.5) is 0 Å². The zero-order valence-corrected chi connectivity index (χ0v) is 9.86. The topological polar surface area (TPSA) is 63.1 Å². The number of ketones is 1. The van der Waals surface area contributed by atoms with Crippen molar-refractivity contribution in [2.45, 2.75) is 18.9 Å². The van der Waals surface area contributed by atoms with E-state index in [2.05, 4.69) is 9.97 Å². The van der Waals surface area contributed by atoms with Gasteiger partial charge in [0.15, 0.2) is 5.78 Å². The summed E-state index contributed by atoms with van der Waals surface area (Å²) in [6.45, 7) is 0. The van der Waals surface area contributed by atoms with Gasteiger partial charge in [-0.05, 0) is 24.3 Å². The Morgan fingerprint density at radius 2 is 1.67 bits per heavy atom. The van der Waals surface area contributed by atoms with Gasteiger partial charge in [0.1, 0.15) is 6.10 Å². The Bertz CT molecular complexity index is 500. The van der Waals surface area contributed by atoms with Crippen LogP contribution < -0.4 is 0 Å². The molecule has 0 spiro atoms. The van der Waals surface area contributed by atoms with Crippen molar-refractivity contribution in [2.24, 2.45) is 0 Å². The average Bonchev–Trinajstić information content (AvgIpc) is 2.41. The highest BCUT2D eigenvalue weighted by molar-refractivity contribution is 5.84. The fourth-order valence-electron chi connectivity index (χ4n) is 1.63. The predicted octanol–water partition coefficient (Wildman–Crippen LogP) is 1.19. The highest BCUT2D eigenvalue weighted by Crippen LogP contribution is 2.04. The van der Waals surface area contributed by atoms with E-state index in [9.17, 15) is 9.90 Å². The molecule has 2 aromatic rings. The minimum absolute atomic E-state index is 0.148. The highest BCUT2D eigenvalue weighted by Gasteiger charge is 2.16. The van der Waals surface area contributed by atoms with Gasteiger partial charge in [0.05, 0.1) is 6.42 Å². The predicted molar refractivity (Wildman–Crippen MR) is 66.9 cm³/mol. The maximum Gasteiger partial charge on any atom is 0.167 e. The summed E-state index contributed by atoms with van der Waals surface area (Å²) in [5.74, 6) is -0.237.